The minimum Gasteiger partial charge on any atom is -0.486 e. The third-order valence-corrected chi connectivity index (χ3v) is 3.06. The van der Waals surface area contributed by atoms with Gasteiger partial charge in [0.25, 0.3) is 0 Å². The maximum atomic E-state index is 9.63. The van der Waals surface area contributed by atoms with Crippen LogP contribution in [0.15, 0.2) is 18.2 Å². The number of para-hydroxylation sites is 1. The number of β-amino-alcohol motifs (C(OH)–C–C–N with tert-alkyl or cyclic N) is 2. The van der Waals surface area contributed by atoms with Crippen LogP contribution in [0, 0.1) is 0 Å². The van der Waals surface area contributed by atoms with Crippen molar-refractivity contribution in [2.45, 2.75) is 12.5 Å². The topological polar surface area (TPSA) is 74.2 Å². The molecule has 3 N–H and O–H groups in total. The van der Waals surface area contributed by atoms with E-state index in [2.05, 4.69) is 5.32 Å². The zero-order valence-electron chi connectivity index (χ0n) is 9.87. The van der Waals surface area contributed by atoms with Crippen molar-refractivity contribution in [2.24, 2.45) is 0 Å². The summed E-state index contributed by atoms with van der Waals surface area (Å²) in [5.41, 5.74) is 0.840. The molecule has 1 saturated heterocycles. The summed E-state index contributed by atoms with van der Waals surface area (Å²) in [6.45, 7) is 1.86. The number of piperazine rings is 1. The number of fused-ring (bicyclic) bond motifs is 1. The van der Waals surface area contributed by atoms with E-state index >= 15 is 0 Å². The van der Waals surface area contributed by atoms with Crippen molar-refractivity contribution in [2.75, 3.05) is 31.2 Å². The third kappa shape index (κ3) is 2.10. The van der Waals surface area contributed by atoms with Gasteiger partial charge in [-0.2, -0.15) is 0 Å². The summed E-state index contributed by atoms with van der Waals surface area (Å²) in [6.07, 6.45) is -1.51. The fraction of sp³-hybridized carbons (Fsp3) is 0.500. The van der Waals surface area contributed by atoms with Crippen molar-refractivity contribution in [3.05, 3.63) is 18.2 Å². The van der Waals surface area contributed by atoms with Crippen LogP contribution in [0.1, 0.15) is 0 Å². The lowest BCUT2D eigenvalue weighted by Gasteiger charge is -2.37. The highest BCUT2D eigenvalue weighted by Gasteiger charge is 2.27. The Kier molecular flexibility index (Phi) is 2.99. The maximum absolute atomic E-state index is 9.63. The highest BCUT2D eigenvalue weighted by molar-refractivity contribution is 5.65. The van der Waals surface area contributed by atoms with Gasteiger partial charge in [0, 0.05) is 0 Å². The first kappa shape index (κ1) is 11.6. The first-order valence-electron chi connectivity index (χ1n) is 6.00. The fourth-order valence-electron chi connectivity index (χ4n) is 2.32. The number of benzene rings is 1. The molecule has 3 rings (SSSR count). The summed E-state index contributed by atoms with van der Waals surface area (Å²) in [6, 6.07) is 5.63. The molecule has 2 aliphatic heterocycles. The Labute approximate surface area is 105 Å². The van der Waals surface area contributed by atoms with Crippen LogP contribution in [0.5, 0.6) is 11.5 Å². The SMILES string of the molecule is OC1CN(c2cccc3c2OCCO3)CC(O)N1. The lowest BCUT2D eigenvalue weighted by molar-refractivity contribution is 0.0278. The van der Waals surface area contributed by atoms with Gasteiger partial charge in [-0.3, -0.25) is 5.32 Å². The molecule has 1 fully saturated rings. The van der Waals surface area contributed by atoms with Gasteiger partial charge in [-0.05, 0) is 12.1 Å². The maximum Gasteiger partial charge on any atom is 0.184 e. The molecular weight excluding hydrogens is 236 g/mol. The smallest absolute Gasteiger partial charge is 0.184 e. The molecule has 0 radical (unpaired) electrons. The Bertz CT molecular complexity index is 430. The van der Waals surface area contributed by atoms with Crippen LogP contribution in [0.3, 0.4) is 0 Å². The Hall–Kier alpha value is -1.50. The van der Waals surface area contributed by atoms with Gasteiger partial charge in [0.15, 0.2) is 11.5 Å². The highest BCUT2D eigenvalue weighted by Crippen LogP contribution is 2.39. The van der Waals surface area contributed by atoms with E-state index in [9.17, 15) is 10.2 Å². The molecule has 0 spiro atoms. The number of aliphatic hydroxyl groups is 2. The molecule has 0 aliphatic carbocycles. The van der Waals surface area contributed by atoms with Crippen LogP contribution in [-0.4, -0.2) is 49.0 Å². The summed E-state index contributed by atoms with van der Waals surface area (Å²) in [7, 11) is 0. The molecule has 18 heavy (non-hydrogen) atoms. The average Bonchev–Trinajstić information content (AvgIpc) is 2.37. The third-order valence-electron chi connectivity index (χ3n) is 3.06. The number of anilines is 1. The number of nitrogens with one attached hydrogen (secondary N) is 1. The lowest BCUT2D eigenvalue weighted by Crippen LogP contribution is -2.56. The van der Waals surface area contributed by atoms with Crippen LogP contribution < -0.4 is 19.7 Å². The quantitative estimate of drug-likeness (QED) is 0.626. The molecule has 0 amide bonds. The first-order chi connectivity index (χ1) is 8.74. The molecular formula is C12H16N2O4. The van der Waals surface area contributed by atoms with E-state index in [-0.39, 0.29) is 0 Å². The minimum atomic E-state index is -0.755. The van der Waals surface area contributed by atoms with Gasteiger partial charge in [-0.15, -0.1) is 0 Å². The van der Waals surface area contributed by atoms with Crippen LogP contribution in [0.4, 0.5) is 5.69 Å². The molecule has 0 aromatic heterocycles. The number of ether oxygens (including phenoxy) is 2. The van der Waals surface area contributed by atoms with Crippen molar-refractivity contribution in [3.63, 3.8) is 0 Å². The number of hydrogen-bond acceptors (Lipinski definition) is 6. The van der Waals surface area contributed by atoms with Crippen LogP contribution in [-0.2, 0) is 0 Å². The van der Waals surface area contributed by atoms with Gasteiger partial charge in [-0.25, -0.2) is 0 Å². The van der Waals surface area contributed by atoms with Gasteiger partial charge in [0.2, 0.25) is 0 Å². The van der Waals surface area contributed by atoms with Crippen LogP contribution in [0.2, 0.25) is 0 Å². The second-order valence-electron chi connectivity index (χ2n) is 4.40. The number of aliphatic hydroxyl groups excluding tert-OH is 2. The number of rotatable bonds is 1. The molecule has 2 heterocycles. The van der Waals surface area contributed by atoms with Crippen molar-refractivity contribution >= 4 is 5.69 Å². The van der Waals surface area contributed by atoms with E-state index in [1.807, 2.05) is 23.1 Å². The number of nitrogens with zero attached hydrogens (tertiary/aromatic N) is 1. The van der Waals surface area contributed by atoms with E-state index in [1.165, 1.54) is 0 Å². The van der Waals surface area contributed by atoms with Gasteiger partial charge in [0.1, 0.15) is 25.7 Å². The minimum absolute atomic E-state index is 0.400. The average molecular weight is 252 g/mol. The Balaban J connectivity index is 1.91. The number of hydrogen-bond donors (Lipinski definition) is 3. The molecule has 0 saturated carbocycles. The van der Waals surface area contributed by atoms with Gasteiger partial charge >= 0.3 is 0 Å². The first-order valence-corrected chi connectivity index (χ1v) is 6.00. The fourth-order valence-corrected chi connectivity index (χ4v) is 2.32. The van der Waals surface area contributed by atoms with Gasteiger partial charge in [0.05, 0.1) is 18.8 Å². The van der Waals surface area contributed by atoms with Crippen molar-refractivity contribution in [1.29, 1.82) is 0 Å². The van der Waals surface area contributed by atoms with Crippen molar-refractivity contribution in [1.82, 2.24) is 5.32 Å². The van der Waals surface area contributed by atoms with E-state index in [4.69, 9.17) is 9.47 Å². The molecule has 6 nitrogen and oxygen atoms in total. The van der Waals surface area contributed by atoms with E-state index < -0.39 is 12.5 Å². The van der Waals surface area contributed by atoms with Crippen LogP contribution >= 0.6 is 0 Å². The van der Waals surface area contributed by atoms with Crippen LogP contribution in [0.25, 0.3) is 0 Å². The summed E-state index contributed by atoms with van der Waals surface area (Å²) >= 11 is 0. The molecule has 2 atom stereocenters. The zero-order valence-corrected chi connectivity index (χ0v) is 9.87. The summed E-state index contributed by atoms with van der Waals surface area (Å²) in [5.74, 6) is 1.39. The van der Waals surface area contributed by atoms with E-state index in [0.29, 0.717) is 37.8 Å². The predicted octanol–water partition coefficient (Wildman–Crippen LogP) is -0.496. The van der Waals surface area contributed by atoms with Gasteiger partial charge in [-0.1, -0.05) is 6.07 Å². The zero-order chi connectivity index (χ0) is 12.5. The highest BCUT2D eigenvalue weighted by atomic mass is 16.6. The summed E-state index contributed by atoms with van der Waals surface area (Å²) < 4.78 is 11.1. The standard InChI is InChI=1S/C12H16N2O4/c15-10-6-14(7-11(16)13-10)8-2-1-3-9-12(8)18-5-4-17-9/h1-3,10-11,13,15-16H,4-7H2. The molecule has 2 unspecified atom stereocenters. The molecule has 2 aliphatic rings. The van der Waals surface area contributed by atoms with Gasteiger partial charge < -0.3 is 24.6 Å². The lowest BCUT2D eigenvalue weighted by atomic mass is 10.2. The largest absolute Gasteiger partial charge is 0.486 e. The van der Waals surface area contributed by atoms with E-state index in [0.717, 1.165) is 5.69 Å². The predicted molar refractivity (Wildman–Crippen MR) is 64.8 cm³/mol. The molecule has 6 heteroatoms. The second-order valence-corrected chi connectivity index (χ2v) is 4.40. The van der Waals surface area contributed by atoms with E-state index in [1.54, 1.807) is 0 Å². The molecule has 98 valence electrons. The Morgan fingerprint density at radius 2 is 1.83 bits per heavy atom. The second kappa shape index (κ2) is 4.64. The van der Waals surface area contributed by atoms with Crippen molar-refractivity contribution < 1.29 is 19.7 Å². The molecule has 1 aromatic carbocycles. The summed E-state index contributed by atoms with van der Waals surface area (Å²) in [5, 5.41) is 21.9. The molecule has 0 bridgehead atoms. The Morgan fingerprint density at radius 3 is 2.61 bits per heavy atom. The monoisotopic (exact) mass is 252 g/mol. The van der Waals surface area contributed by atoms with Crippen molar-refractivity contribution in [3.8, 4) is 11.5 Å². The summed E-state index contributed by atoms with van der Waals surface area (Å²) in [4.78, 5) is 1.89. The normalized spacial score (nSPS) is 27.1. The Morgan fingerprint density at radius 1 is 1.11 bits per heavy atom. The molecule has 1 aromatic rings.